The molecule has 2 atom stereocenters. The van der Waals surface area contributed by atoms with Gasteiger partial charge < -0.3 is 20.7 Å². The van der Waals surface area contributed by atoms with Crippen molar-refractivity contribution in [2.45, 2.75) is 39.8 Å². The molecule has 0 aromatic heterocycles. The minimum absolute atomic E-state index is 0.00728. The van der Waals surface area contributed by atoms with E-state index in [0.29, 0.717) is 13.2 Å². The molecule has 21 heavy (non-hydrogen) atoms. The fourth-order valence-electron chi connectivity index (χ4n) is 2.38. The maximum Gasteiger partial charge on any atom is 0.245 e. The predicted molar refractivity (Wildman–Crippen MR) is 84.7 cm³/mol. The second-order valence-electron chi connectivity index (χ2n) is 5.91. The summed E-state index contributed by atoms with van der Waals surface area (Å²) < 4.78 is 5.35. The molecule has 1 aliphatic heterocycles. The first kappa shape index (κ1) is 17.8. The zero-order valence-corrected chi connectivity index (χ0v) is 13.9. The van der Waals surface area contributed by atoms with E-state index in [1.165, 1.54) is 0 Å². The molecule has 1 fully saturated rings. The van der Waals surface area contributed by atoms with Gasteiger partial charge in [-0.3, -0.25) is 9.59 Å². The first-order valence-corrected chi connectivity index (χ1v) is 7.64. The van der Waals surface area contributed by atoms with Crippen molar-refractivity contribution in [2.75, 3.05) is 19.8 Å². The van der Waals surface area contributed by atoms with E-state index in [1.807, 2.05) is 27.7 Å². The van der Waals surface area contributed by atoms with Gasteiger partial charge in [0.2, 0.25) is 11.8 Å². The van der Waals surface area contributed by atoms with Gasteiger partial charge in [-0.2, -0.15) is 0 Å². The molecule has 7 heteroatoms. The van der Waals surface area contributed by atoms with Crippen LogP contribution >= 0.6 is 12.2 Å². The lowest BCUT2D eigenvalue weighted by atomic mass is 9.93. The summed E-state index contributed by atoms with van der Waals surface area (Å²) in [6.45, 7) is 8.53. The highest BCUT2D eigenvalue weighted by Crippen LogP contribution is 2.19. The van der Waals surface area contributed by atoms with Crippen LogP contribution in [-0.2, 0) is 14.3 Å². The van der Waals surface area contributed by atoms with E-state index in [-0.39, 0.29) is 35.4 Å². The van der Waals surface area contributed by atoms with Crippen LogP contribution in [0, 0.1) is 11.8 Å². The molecule has 1 rings (SSSR count). The number of carbonyl (C=O) groups excluding carboxylic acids is 2. The minimum Gasteiger partial charge on any atom is -0.393 e. The Morgan fingerprint density at radius 3 is 2.43 bits per heavy atom. The molecule has 0 spiro atoms. The Morgan fingerprint density at radius 1 is 1.33 bits per heavy atom. The van der Waals surface area contributed by atoms with E-state index in [9.17, 15) is 9.59 Å². The molecule has 2 amide bonds. The lowest BCUT2D eigenvalue weighted by molar-refractivity contribution is -0.151. The number of amides is 2. The quantitative estimate of drug-likeness (QED) is 0.713. The van der Waals surface area contributed by atoms with Gasteiger partial charge in [0.15, 0.2) is 0 Å². The summed E-state index contributed by atoms with van der Waals surface area (Å²) in [5, 5.41) is 2.82. The van der Waals surface area contributed by atoms with Crippen molar-refractivity contribution >= 4 is 29.0 Å². The second-order valence-corrected chi connectivity index (χ2v) is 6.38. The van der Waals surface area contributed by atoms with Gasteiger partial charge in [0.1, 0.15) is 6.04 Å². The van der Waals surface area contributed by atoms with E-state index >= 15 is 0 Å². The van der Waals surface area contributed by atoms with Crippen LogP contribution in [0.15, 0.2) is 0 Å². The van der Waals surface area contributed by atoms with Crippen LogP contribution in [0.4, 0.5) is 0 Å². The normalized spacial score (nSPS) is 20.5. The third-order valence-corrected chi connectivity index (χ3v) is 3.64. The summed E-state index contributed by atoms with van der Waals surface area (Å²) in [5.41, 5.74) is 5.70. The average Bonchev–Trinajstić information content (AvgIpc) is 2.36. The third kappa shape index (κ3) is 4.64. The van der Waals surface area contributed by atoms with E-state index in [4.69, 9.17) is 22.7 Å². The molecular weight excluding hydrogens is 290 g/mol. The molecular formula is C14H25N3O3S. The average molecular weight is 315 g/mol. The summed E-state index contributed by atoms with van der Waals surface area (Å²) in [6, 6.07) is -0.614. The predicted octanol–water partition coefficient (Wildman–Crippen LogP) is 0.297. The Hall–Kier alpha value is -1.21. The molecule has 1 heterocycles. The summed E-state index contributed by atoms with van der Waals surface area (Å²) in [4.78, 5) is 26.7. The maximum absolute atomic E-state index is 12.7. The van der Waals surface area contributed by atoms with Gasteiger partial charge in [-0.1, -0.05) is 26.1 Å². The zero-order valence-electron chi connectivity index (χ0n) is 13.1. The molecule has 0 saturated carbocycles. The Balaban J connectivity index is 2.92. The van der Waals surface area contributed by atoms with Gasteiger partial charge in [0.05, 0.1) is 24.1 Å². The lowest BCUT2D eigenvalue weighted by Crippen LogP contribution is -2.59. The largest absolute Gasteiger partial charge is 0.393 e. The summed E-state index contributed by atoms with van der Waals surface area (Å²) >= 11 is 5.01. The first-order valence-electron chi connectivity index (χ1n) is 7.23. The van der Waals surface area contributed by atoms with Gasteiger partial charge in [-0.05, 0) is 19.8 Å². The Kier molecular flexibility index (Phi) is 6.54. The summed E-state index contributed by atoms with van der Waals surface area (Å²) in [6.07, 6.45) is 0. The molecule has 1 saturated heterocycles. The number of nitrogens with one attached hydrogen (secondary N) is 1. The SMILES string of the molecule is CC(C)NC(=O)C1COCCN1C(=O)C(C(N)=S)C(C)C. The Morgan fingerprint density at radius 2 is 1.95 bits per heavy atom. The molecule has 3 N–H and O–H groups in total. The topological polar surface area (TPSA) is 84.7 Å². The van der Waals surface area contributed by atoms with Crippen LogP contribution in [0.25, 0.3) is 0 Å². The van der Waals surface area contributed by atoms with Gasteiger partial charge in [-0.25, -0.2) is 0 Å². The van der Waals surface area contributed by atoms with Crippen LogP contribution in [0.3, 0.4) is 0 Å². The van der Waals surface area contributed by atoms with Crippen LogP contribution < -0.4 is 11.1 Å². The Labute approximate surface area is 131 Å². The number of rotatable bonds is 5. The fourth-order valence-corrected chi connectivity index (χ4v) is 2.75. The number of hydrogen-bond donors (Lipinski definition) is 2. The molecule has 6 nitrogen and oxygen atoms in total. The van der Waals surface area contributed by atoms with Crippen LogP contribution in [0.2, 0.25) is 0 Å². The van der Waals surface area contributed by atoms with Crippen molar-refractivity contribution in [3.63, 3.8) is 0 Å². The maximum atomic E-state index is 12.7. The molecule has 0 aromatic carbocycles. The van der Waals surface area contributed by atoms with Crippen molar-refractivity contribution < 1.29 is 14.3 Å². The number of thiocarbonyl (C=S) groups is 1. The van der Waals surface area contributed by atoms with Crippen LogP contribution in [0.5, 0.6) is 0 Å². The van der Waals surface area contributed by atoms with Gasteiger partial charge >= 0.3 is 0 Å². The number of ether oxygens (including phenoxy) is 1. The van der Waals surface area contributed by atoms with Gasteiger partial charge in [-0.15, -0.1) is 0 Å². The van der Waals surface area contributed by atoms with Crippen molar-refractivity contribution in [2.24, 2.45) is 17.6 Å². The van der Waals surface area contributed by atoms with E-state index in [2.05, 4.69) is 5.32 Å². The van der Waals surface area contributed by atoms with Gasteiger partial charge in [0.25, 0.3) is 0 Å². The minimum atomic E-state index is -0.621. The highest BCUT2D eigenvalue weighted by Gasteiger charge is 2.38. The first-order chi connectivity index (χ1) is 9.75. The van der Waals surface area contributed by atoms with Crippen molar-refractivity contribution in [1.29, 1.82) is 0 Å². The molecule has 2 unspecified atom stereocenters. The molecule has 1 aliphatic rings. The summed E-state index contributed by atoms with van der Waals surface area (Å²) in [5.74, 6) is -0.952. The number of nitrogens with two attached hydrogens (primary N) is 1. The van der Waals surface area contributed by atoms with Crippen LogP contribution in [-0.4, -0.2) is 53.5 Å². The highest BCUT2D eigenvalue weighted by molar-refractivity contribution is 7.80. The monoisotopic (exact) mass is 315 g/mol. The highest BCUT2D eigenvalue weighted by atomic mass is 32.1. The van der Waals surface area contributed by atoms with Crippen molar-refractivity contribution in [1.82, 2.24) is 10.2 Å². The van der Waals surface area contributed by atoms with Crippen LogP contribution in [0.1, 0.15) is 27.7 Å². The number of morpholine rings is 1. The van der Waals surface area contributed by atoms with Crippen molar-refractivity contribution in [3.8, 4) is 0 Å². The van der Waals surface area contributed by atoms with E-state index < -0.39 is 12.0 Å². The molecule has 0 aliphatic carbocycles. The number of nitrogens with zero attached hydrogens (tertiary/aromatic N) is 1. The standard InChI is InChI=1S/C14H25N3O3S/c1-8(2)11(12(15)21)14(19)17-5-6-20-7-10(17)13(18)16-9(3)4/h8-11H,5-7H2,1-4H3,(H2,15,21)(H,16,18). The van der Waals surface area contributed by atoms with Crippen molar-refractivity contribution in [3.05, 3.63) is 0 Å². The zero-order chi connectivity index (χ0) is 16.2. The summed E-state index contributed by atoms with van der Waals surface area (Å²) in [7, 11) is 0. The van der Waals surface area contributed by atoms with E-state index in [0.717, 1.165) is 0 Å². The fraction of sp³-hybridized carbons (Fsp3) is 0.786. The molecule has 0 bridgehead atoms. The van der Waals surface area contributed by atoms with E-state index in [1.54, 1.807) is 4.90 Å². The number of hydrogen-bond acceptors (Lipinski definition) is 4. The van der Waals surface area contributed by atoms with Gasteiger partial charge in [0, 0.05) is 12.6 Å². The molecule has 0 aromatic rings. The third-order valence-electron chi connectivity index (χ3n) is 3.38. The smallest absolute Gasteiger partial charge is 0.245 e. The second kappa shape index (κ2) is 7.70. The molecule has 120 valence electrons. The molecule has 0 radical (unpaired) electrons. The number of carbonyl (C=O) groups is 2. The lowest BCUT2D eigenvalue weighted by Gasteiger charge is -2.37. The Bertz CT molecular complexity index is 412.